The molecular formula is C27H26F3N3O4. The summed E-state index contributed by atoms with van der Waals surface area (Å²) >= 11 is 0. The first kappa shape index (κ1) is 25.9. The number of ether oxygens (including phenoxy) is 2. The van der Waals surface area contributed by atoms with E-state index in [0.717, 1.165) is 5.56 Å². The average molecular weight is 514 g/mol. The first-order chi connectivity index (χ1) is 17.7. The van der Waals surface area contributed by atoms with Gasteiger partial charge in [-0.1, -0.05) is 36.4 Å². The van der Waals surface area contributed by atoms with E-state index in [9.17, 15) is 22.8 Å². The number of halogens is 3. The lowest BCUT2D eigenvalue weighted by atomic mass is 10.1. The Kier molecular flexibility index (Phi) is 7.86. The molecule has 0 radical (unpaired) electrons. The second-order valence-electron chi connectivity index (χ2n) is 8.58. The van der Waals surface area contributed by atoms with Gasteiger partial charge in [0.05, 0.1) is 11.4 Å². The van der Waals surface area contributed by atoms with Gasteiger partial charge in [-0.3, -0.25) is 9.69 Å². The minimum atomic E-state index is -4.80. The van der Waals surface area contributed by atoms with Gasteiger partial charge in [-0.2, -0.15) is 0 Å². The zero-order valence-corrected chi connectivity index (χ0v) is 20.1. The van der Waals surface area contributed by atoms with Gasteiger partial charge >= 0.3 is 12.4 Å². The van der Waals surface area contributed by atoms with E-state index in [1.165, 1.54) is 18.2 Å². The van der Waals surface area contributed by atoms with Crippen LogP contribution in [0.5, 0.6) is 11.5 Å². The molecule has 1 N–H and O–H groups in total. The number of alkyl halides is 3. The molecule has 0 aromatic heterocycles. The van der Waals surface area contributed by atoms with Crippen LogP contribution < -0.4 is 19.7 Å². The minimum Gasteiger partial charge on any atom is -0.484 e. The van der Waals surface area contributed by atoms with Crippen molar-refractivity contribution in [2.45, 2.75) is 26.3 Å². The first-order valence-corrected chi connectivity index (χ1v) is 11.7. The normalized spacial score (nSPS) is 13.9. The number of para-hydroxylation sites is 1. The van der Waals surface area contributed by atoms with Crippen molar-refractivity contribution in [3.63, 3.8) is 0 Å². The maximum absolute atomic E-state index is 13.4. The average Bonchev–Trinajstić information content (AvgIpc) is 2.84. The lowest BCUT2D eigenvalue weighted by Crippen LogP contribution is -2.49. The highest BCUT2D eigenvalue weighted by Gasteiger charge is 2.32. The van der Waals surface area contributed by atoms with Crippen molar-refractivity contribution >= 4 is 23.3 Å². The molecule has 0 unspecified atom stereocenters. The van der Waals surface area contributed by atoms with Crippen molar-refractivity contribution in [2.75, 3.05) is 29.9 Å². The second-order valence-corrected chi connectivity index (χ2v) is 8.58. The molecule has 1 heterocycles. The third-order valence-corrected chi connectivity index (χ3v) is 5.65. The van der Waals surface area contributed by atoms with Crippen LogP contribution in [0, 0.1) is 6.92 Å². The van der Waals surface area contributed by atoms with Crippen molar-refractivity contribution in [3.8, 4) is 11.5 Å². The Balaban J connectivity index is 1.47. The number of hydrogen-bond donors (Lipinski definition) is 1. The molecule has 1 saturated heterocycles. The number of urea groups is 1. The van der Waals surface area contributed by atoms with Crippen molar-refractivity contribution in [1.82, 2.24) is 4.90 Å². The molecule has 1 fully saturated rings. The molecule has 4 rings (SSSR count). The summed E-state index contributed by atoms with van der Waals surface area (Å²) in [6, 6.07) is 19.6. The van der Waals surface area contributed by atoms with E-state index in [2.05, 4.69) is 10.1 Å². The summed E-state index contributed by atoms with van der Waals surface area (Å²) in [5.74, 6) is -0.153. The summed E-state index contributed by atoms with van der Waals surface area (Å²) in [5, 5.41) is 2.83. The largest absolute Gasteiger partial charge is 0.573 e. The van der Waals surface area contributed by atoms with E-state index in [0.29, 0.717) is 42.2 Å². The molecule has 194 valence electrons. The van der Waals surface area contributed by atoms with E-state index in [1.54, 1.807) is 52.3 Å². The lowest BCUT2D eigenvalue weighted by molar-refractivity contribution is -0.274. The smallest absolute Gasteiger partial charge is 0.484 e. The summed E-state index contributed by atoms with van der Waals surface area (Å²) < 4.78 is 47.3. The third-order valence-electron chi connectivity index (χ3n) is 5.65. The fourth-order valence-corrected chi connectivity index (χ4v) is 4.05. The van der Waals surface area contributed by atoms with Crippen LogP contribution >= 0.6 is 0 Å². The van der Waals surface area contributed by atoms with Crippen LogP contribution in [0.3, 0.4) is 0 Å². The monoisotopic (exact) mass is 513 g/mol. The molecule has 1 aliphatic rings. The van der Waals surface area contributed by atoms with E-state index in [4.69, 9.17) is 4.74 Å². The highest BCUT2D eigenvalue weighted by molar-refractivity contribution is 6.01. The first-order valence-electron chi connectivity index (χ1n) is 11.7. The number of nitrogens with one attached hydrogen (secondary N) is 1. The number of rotatable bonds is 8. The van der Waals surface area contributed by atoms with Crippen LogP contribution in [0.25, 0.3) is 0 Å². The maximum atomic E-state index is 13.4. The summed E-state index contributed by atoms with van der Waals surface area (Å²) in [6.45, 7) is 2.66. The number of anilines is 2. The zero-order chi connectivity index (χ0) is 26.4. The van der Waals surface area contributed by atoms with Gasteiger partial charge in [0.25, 0.3) is 5.91 Å². The molecule has 37 heavy (non-hydrogen) atoms. The summed E-state index contributed by atoms with van der Waals surface area (Å²) in [7, 11) is 0. The zero-order valence-electron chi connectivity index (χ0n) is 20.1. The predicted octanol–water partition coefficient (Wildman–Crippen LogP) is 5.74. The van der Waals surface area contributed by atoms with Crippen molar-refractivity contribution in [3.05, 3.63) is 83.9 Å². The van der Waals surface area contributed by atoms with Crippen molar-refractivity contribution < 1.29 is 32.2 Å². The van der Waals surface area contributed by atoms with Crippen molar-refractivity contribution in [1.29, 1.82) is 0 Å². The van der Waals surface area contributed by atoms with Gasteiger partial charge in [-0.05, 0) is 60.9 Å². The highest BCUT2D eigenvalue weighted by Crippen LogP contribution is 2.31. The minimum absolute atomic E-state index is 0.114. The van der Waals surface area contributed by atoms with Gasteiger partial charge in [0.2, 0.25) is 0 Å². The molecule has 0 bridgehead atoms. The quantitative estimate of drug-likeness (QED) is 0.417. The number of amides is 3. The number of carbonyl (C=O) groups excluding carboxylic acids is 2. The maximum Gasteiger partial charge on any atom is 0.573 e. The Labute approximate surface area is 212 Å². The molecule has 1 aliphatic heterocycles. The van der Waals surface area contributed by atoms with Gasteiger partial charge in [-0.15, -0.1) is 13.2 Å². The lowest BCUT2D eigenvalue weighted by Gasteiger charge is -2.36. The van der Waals surface area contributed by atoms with E-state index in [-0.39, 0.29) is 30.8 Å². The van der Waals surface area contributed by atoms with E-state index >= 15 is 0 Å². The second kappa shape index (κ2) is 11.2. The number of carbonyl (C=O) groups is 2. The Morgan fingerprint density at radius 1 is 0.973 bits per heavy atom. The van der Waals surface area contributed by atoms with Crippen molar-refractivity contribution in [2.24, 2.45) is 0 Å². The highest BCUT2D eigenvalue weighted by atomic mass is 19.4. The number of aryl methyl sites for hydroxylation is 1. The molecule has 0 aliphatic carbocycles. The summed E-state index contributed by atoms with van der Waals surface area (Å²) in [6.07, 6.45) is -4.16. The number of nitrogens with zero attached hydrogens (tertiary/aromatic N) is 2. The summed E-state index contributed by atoms with van der Waals surface area (Å²) in [5.41, 5.74) is 2.40. The topological polar surface area (TPSA) is 71.1 Å². The Bertz CT molecular complexity index is 1250. The Hall–Kier alpha value is -4.21. The van der Waals surface area contributed by atoms with Crippen LogP contribution in [0.15, 0.2) is 72.8 Å². The molecule has 0 saturated carbocycles. The summed E-state index contributed by atoms with van der Waals surface area (Å²) in [4.78, 5) is 29.1. The number of hydrogen-bond acceptors (Lipinski definition) is 4. The SMILES string of the molecule is Cc1ccc(N2CCCN(Cc3cccc(OC(F)(F)F)c3)C2=O)c(NC(=O)COc2ccccc2)c1. The van der Waals surface area contributed by atoms with Gasteiger partial charge in [0.15, 0.2) is 6.61 Å². The van der Waals surface area contributed by atoms with Gasteiger partial charge < -0.3 is 19.7 Å². The molecule has 7 nitrogen and oxygen atoms in total. The molecule has 3 aromatic rings. The molecule has 3 amide bonds. The Morgan fingerprint density at radius 2 is 1.73 bits per heavy atom. The molecule has 0 atom stereocenters. The fourth-order valence-electron chi connectivity index (χ4n) is 4.05. The van der Waals surface area contributed by atoms with Crippen LogP contribution in [0.1, 0.15) is 17.5 Å². The molecule has 3 aromatic carbocycles. The fraction of sp³-hybridized carbons (Fsp3) is 0.259. The van der Waals surface area contributed by atoms with Gasteiger partial charge in [-0.25, -0.2) is 4.79 Å². The van der Waals surface area contributed by atoms with Gasteiger partial charge in [0.1, 0.15) is 11.5 Å². The predicted molar refractivity (Wildman–Crippen MR) is 133 cm³/mol. The van der Waals surface area contributed by atoms with E-state index in [1.807, 2.05) is 19.1 Å². The van der Waals surface area contributed by atoms with Crippen LogP contribution in [0.2, 0.25) is 0 Å². The number of benzene rings is 3. The third kappa shape index (κ3) is 7.16. The van der Waals surface area contributed by atoms with E-state index < -0.39 is 6.36 Å². The standard InChI is InChI=1S/C27H26F3N3O4/c1-19-11-12-24(23(15-19)31-25(34)18-36-21-8-3-2-4-9-21)33-14-6-13-32(26(33)35)17-20-7-5-10-22(16-20)37-27(28,29)30/h2-5,7-12,15-16H,6,13-14,17-18H2,1H3,(H,31,34). The molecular weight excluding hydrogens is 487 g/mol. The van der Waals surface area contributed by atoms with Gasteiger partial charge in [0, 0.05) is 19.6 Å². The van der Waals surface area contributed by atoms with Crippen LogP contribution in [0.4, 0.5) is 29.3 Å². The van der Waals surface area contributed by atoms with Crippen LogP contribution in [-0.2, 0) is 11.3 Å². The van der Waals surface area contributed by atoms with Crippen LogP contribution in [-0.4, -0.2) is 42.9 Å². The molecule has 10 heteroatoms. The Morgan fingerprint density at radius 3 is 2.49 bits per heavy atom. The molecule has 0 spiro atoms.